The van der Waals surface area contributed by atoms with Crippen molar-refractivity contribution < 1.29 is 32.2 Å². The molecule has 0 aliphatic carbocycles. The van der Waals surface area contributed by atoms with E-state index in [0.717, 1.165) is 35.0 Å². The molecule has 0 aliphatic heterocycles. The number of nitrogens with two attached hydrogens (primary N) is 1. The van der Waals surface area contributed by atoms with E-state index in [9.17, 15) is 22.4 Å². The summed E-state index contributed by atoms with van der Waals surface area (Å²) in [5.41, 5.74) is 5.72. The number of nitrogens with zero attached hydrogens (tertiary/aromatic N) is 1. The summed E-state index contributed by atoms with van der Waals surface area (Å²) in [6.07, 6.45) is -0.338. The van der Waals surface area contributed by atoms with Gasteiger partial charge in [0.15, 0.2) is 11.5 Å². The van der Waals surface area contributed by atoms with Crippen LogP contribution in [0.3, 0.4) is 0 Å². The lowest BCUT2D eigenvalue weighted by molar-refractivity contribution is -0.122. The number of carbonyl (C=O) groups is 2. The third-order valence-electron chi connectivity index (χ3n) is 3.24. The van der Waals surface area contributed by atoms with Crippen molar-refractivity contribution in [3.05, 3.63) is 40.8 Å². The van der Waals surface area contributed by atoms with Crippen LogP contribution in [0.25, 0.3) is 0 Å². The highest BCUT2D eigenvalue weighted by Crippen LogP contribution is 2.25. The molecule has 28 heavy (non-hydrogen) atoms. The monoisotopic (exact) mass is 430 g/mol. The van der Waals surface area contributed by atoms with Gasteiger partial charge in [0.05, 0.1) is 10.4 Å². The van der Waals surface area contributed by atoms with Gasteiger partial charge in [-0.2, -0.15) is 0 Å². The van der Waals surface area contributed by atoms with Crippen molar-refractivity contribution in [2.75, 3.05) is 17.9 Å². The molecule has 1 heterocycles. The molecule has 0 aliphatic rings. The summed E-state index contributed by atoms with van der Waals surface area (Å²) in [4.78, 5) is 25.8. The molecule has 0 amide bonds. The third-order valence-corrected chi connectivity index (χ3v) is 5.46. The minimum Gasteiger partial charge on any atom is -0.476 e. The lowest BCUT2D eigenvalue weighted by Gasteiger charge is -2.09. The average Bonchev–Trinajstić information content (AvgIpc) is 3.04. The zero-order chi connectivity index (χ0) is 20.9. The van der Waals surface area contributed by atoms with Crippen LogP contribution in [0.5, 0.6) is 0 Å². The number of carbonyl (C=O) groups excluding carboxylic acids is 1. The zero-order valence-corrected chi connectivity index (χ0v) is 15.8. The van der Waals surface area contributed by atoms with E-state index in [1.807, 2.05) is 0 Å². The van der Waals surface area contributed by atoms with Crippen molar-refractivity contribution in [2.24, 2.45) is 5.73 Å². The van der Waals surface area contributed by atoms with Gasteiger partial charge in [-0.1, -0.05) is 6.07 Å². The van der Waals surface area contributed by atoms with Crippen LogP contribution in [0.15, 0.2) is 28.6 Å². The second-order valence-electron chi connectivity index (χ2n) is 5.43. The fraction of sp³-hybridized carbons (Fsp3) is 0.200. The van der Waals surface area contributed by atoms with Crippen LogP contribution in [0, 0.1) is 11.2 Å². The van der Waals surface area contributed by atoms with Crippen LogP contribution >= 0.6 is 11.3 Å². The first-order valence-corrected chi connectivity index (χ1v) is 9.87. The highest BCUT2D eigenvalue weighted by Gasteiger charge is 2.22. The molecule has 2 aromatic rings. The number of ketones is 1. The predicted octanol–water partition coefficient (Wildman–Crippen LogP) is 0.845. The number of halogens is 1. The number of sulfonamides is 1. The largest absolute Gasteiger partial charge is 0.476 e. The summed E-state index contributed by atoms with van der Waals surface area (Å²) in [7, 11) is -4.26. The fourth-order valence-electron chi connectivity index (χ4n) is 2.03. The normalized spacial score (nSPS) is 11.2. The first-order valence-electron chi connectivity index (χ1n) is 7.50. The van der Waals surface area contributed by atoms with Crippen LogP contribution in [0.2, 0.25) is 0 Å². The van der Waals surface area contributed by atoms with Gasteiger partial charge < -0.3 is 15.6 Å². The maximum atomic E-state index is 14.2. The standard InChI is InChI=1S/C15H15FN4O6S2/c16-11-4-10(2-1-8(11)3-9(21)5-26-6-12(17)18)28(24,25)20-14-13(15(22)23)19-7-27-14/h1-2,4,7,20H,3,5-6H2,(H3,17,18)(H,22,23). The predicted molar refractivity (Wildman–Crippen MR) is 97.7 cm³/mol. The number of aromatic nitrogens is 1. The van der Waals surface area contributed by atoms with Gasteiger partial charge in [0.2, 0.25) is 0 Å². The number of benzene rings is 1. The van der Waals surface area contributed by atoms with Crippen molar-refractivity contribution >= 4 is 43.9 Å². The van der Waals surface area contributed by atoms with Crippen LogP contribution in [0.4, 0.5) is 9.39 Å². The summed E-state index contributed by atoms with van der Waals surface area (Å²) in [6.45, 7) is -0.600. The summed E-state index contributed by atoms with van der Waals surface area (Å²) >= 11 is 0.766. The lowest BCUT2D eigenvalue weighted by atomic mass is 10.1. The number of carboxylic acids is 1. The van der Waals surface area contributed by atoms with Gasteiger partial charge in [-0.3, -0.25) is 14.9 Å². The van der Waals surface area contributed by atoms with Crippen molar-refractivity contribution in [1.29, 1.82) is 5.41 Å². The van der Waals surface area contributed by atoms with Gasteiger partial charge in [0, 0.05) is 6.42 Å². The molecule has 0 unspecified atom stereocenters. The van der Waals surface area contributed by atoms with Crippen LogP contribution in [-0.4, -0.2) is 49.3 Å². The molecule has 10 nitrogen and oxygen atoms in total. The number of aromatic carboxylic acids is 1. The van der Waals surface area contributed by atoms with Gasteiger partial charge >= 0.3 is 5.97 Å². The Morgan fingerprint density at radius 2 is 2.07 bits per heavy atom. The maximum absolute atomic E-state index is 14.2. The Morgan fingerprint density at radius 1 is 1.36 bits per heavy atom. The van der Waals surface area contributed by atoms with E-state index in [4.69, 9.17) is 21.0 Å². The lowest BCUT2D eigenvalue weighted by Crippen LogP contribution is -2.21. The van der Waals surface area contributed by atoms with Crippen molar-refractivity contribution in [3.63, 3.8) is 0 Å². The molecule has 0 spiro atoms. The Morgan fingerprint density at radius 3 is 2.68 bits per heavy atom. The summed E-state index contributed by atoms with van der Waals surface area (Å²) in [5.74, 6) is -3.07. The average molecular weight is 430 g/mol. The smallest absolute Gasteiger partial charge is 0.357 e. The van der Waals surface area contributed by atoms with E-state index in [-0.39, 0.29) is 36.0 Å². The van der Waals surface area contributed by atoms with E-state index in [2.05, 4.69) is 9.71 Å². The molecule has 0 bridgehead atoms. The Labute approximate surface area is 162 Å². The third kappa shape index (κ3) is 5.55. The zero-order valence-electron chi connectivity index (χ0n) is 14.1. The number of ether oxygens (including phenoxy) is 1. The van der Waals surface area contributed by atoms with Crippen molar-refractivity contribution in [2.45, 2.75) is 11.3 Å². The number of hydrogen-bond acceptors (Lipinski definition) is 8. The number of thiazole rings is 1. The second-order valence-corrected chi connectivity index (χ2v) is 7.96. The van der Waals surface area contributed by atoms with Gasteiger partial charge in [-0.05, 0) is 17.7 Å². The van der Waals surface area contributed by atoms with Crippen LogP contribution in [0.1, 0.15) is 16.1 Å². The second kappa shape index (κ2) is 8.86. The number of hydrogen-bond donors (Lipinski definition) is 4. The van der Waals surface area contributed by atoms with Gasteiger partial charge in [-0.15, -0.1) is 11.3 Å². The number of amidine groups is 1. The Kier molecular flexibility index (Phi) is 6.77. The minimum atomic E-state index is -4.26. The molecule has 0 saturated carbocycles. The molecular formula is C15H15FN4O6S2. The Bertz CT molecular complexity index is 1020. The van der Waals surface area contributed by atoms with E-state index < -0.39 is 38.2 Å². The number of Topliss-reactive ketones (excluding diaryl/α,β-unsaturated/α-hetero) is 1. The van der Waals surface area contributed by atoms with Crippen molar-refractivity contribution in [3.8, 4) is 0 Å². The molecule has 0 radical (unpaired) electrons. The molecular weight excluding hydrogens is 415 g/mol. The maximum Gasteiger partial charge on any atom is 0.357 e. The molecule has 150 valence electrons. The van der Waals surface area contributed by atoms with Gasteiger partial charge in [-0.25, -0.2) is 22.6 Å². The van der Waals surface area contributed by atoms with Crippen LogP contribution < -0.4 is 10.5 Å². The molecule has 13 heteroatoms. The topological polar surface area (TPSA) is 173 Å². The summed E-state index contributed by atoms with van der Waals surface area (Å²) in [6, 6.07) is 2.95. The highest BCUT2D eigenvalue weighted by atomic mass is 32.2. The Balaban J connectivity index is 2.12. The van der Waals surface area contributed by atoms with Gasteiger partial charge in [0.1, 0.15) is 29.9 Å². The summed E-state index contributed by atoms with van der Waals surface area (Å²) < 4.78 is 45.9. The first kappa shape index (κ1) is 21.4. The minimum absolute atomic E-state index is 0.0422. The molecule has 1 aromatic carbocycles. The van der Waals surface area contributed by atoms with E-state index in [1.54, 1.807) is 0 Å². The summed E-state index contributed by atoms with van der Waals surface area (Å²) in [5, 5.41) is 15.7. The first-order chi connectivity index (χ1) is 13.1. The van der Waals surface area contributed by atoms with E-state index >= 15 is 0 Å². The number of rotatable bonds is 10. The number of nitrogens with one attached hydrogen (secondary N) is 2. The van der Waals surface area contributed by atoms with Gasteiger partial charge in [0.25, 0.3) is 10.0 Å². The molecule has 0 atom stereocenters. The highest BCUT2D eigenvalue weighted by molar-refractivity contribution is 7.93. The van der Waals surface area contributed by atoms with Crippen molar-refractivity contribution in [1.82, 2.24) is 4.98 Å². The Hall–Kier alpha value is -2.90. The quantitative estimate of drug-likeness (QED) is 0.317. The number of anilines is 1. The SMILES string of the molecule is N=C(N)COCC(=O)Cc1ccc(S(=O)(=O)Nc2scnc2C(=O)O)cc1F. The number of carboxylic acid groups (broad SMARTS) is 1. The molecule has 5 N–H and O–H groups in total. The van der Waals surface area contributed by atoms with E-state index in [0.29, 0.717) is 0 Å². The molecule has 0 fully saturated rings. The molecule has 2 rings (SSSR count). The van der Waals surface area contributed by atoms with Crippen LogP contribution in [-0.2, 0) is 26.0 Å². The molecule has 0 saturated heterocycles. The van der Waals surface area contributed by atoms with E-state index in [1.165, 1.54) is 0 Å². The fourth-order valence-corrected chi connectivity index (χ4v) is 4.03. The molecule has 1 aromatic heterocycles.